The van der Waals surface area contributed by atoms with Crippen LogP contribution in [-0.4, -0.2) is 42.0 Å². The van der Waals surface area contributed by atoms with Crippen LogP contribution in [0, 0.1) is 5.92 Å². The van der Waals surface area contributed by atoms with Crippen molar-refractivity contribution in [3.8, 4) is 11.5 Å². The molecule has 7 heteroatoms. The summed E-state index contributed by atoms with van der Waals surface area (Å²) in [6.45, 7) is 3.76. The molecular weight excluding hydrogens is 442 g/mol. The molecule has 2 aromatic rings. The highest BCUT2D eigenvalue weighted by Gasteiger charge is 2.29. The molecule has 0 spiro atoms. The molecule has 1 aliphatic carbocycles. The highest BCUT2D eigenvalue weighted by Crippen LogP contribution is 2.34. The summed E-state index contributed by atoms with van der Waals surface area (Å²) in [6.07, 6.45) is 6.25. The Morgan fingerprint density at radius 1 is 1.09 bits per heavy atom. The number of hydrogen-bond donors (Lipinski definition) is 1. The Hall–Kier alpha value is -3.19. The third kappa shape index (κ3) is 5.56. The largest absolute Gasteiger partial charge is 0.493 e. The lowest BCUT2D eigenvalue weighted by Crippen LogP contribution is -2.43. The second-order valence-electron chi connectivity index (χ2n) is 9.64. The number of rotatable bonds is 9. The molecule has 0 amide bonds. The maximum Gasteiger partial charge on any atom is 0.165 e. The van der Waals surface area contributed by atoms with E-state index < -0.39 is 12.2 Å². The number of hydrazone groups is 1. The fraction of sp³-hybridized carbons (Fsp3) is 0.464. The van der Waals surface area contributed by atoms with Crippen molar-refractivity contribution in [3.05, 3.63) is 59.2 Å². The first kappa shape index (κ1) is 24.9. The lowest BCUT2D eigenvalue weighted by atomic mass is 9.98. The summed E-state index contributed by atoms with van der Waals surface area (Å²) in [4.78, 5) is 24.1. The quantitative estimate of drug-likeness (QED) is 0.409. The number of methoxy groups -OCH3 is 1. The van der Waals surface area contributed by atoms with E-state index in [2.05, 4.69) is 0 Å². The van der Waals surface area contributed by atoms with Crippen LogP contribution in [0.2, 0.25) is 0 Å². The monoisotopic (exact) mass is 477 g/mol. The van der Waals surface area contributed by atoms with E-state index in [0.29, 0.717) is 24.2 Å². The molecule has 1 aliphatic heterocycles. The zero-order chi connectivity index (χ0) is 24.9. The number of nitrogens with zero attached hydrogens (tertiary/aromatic N) is 2. The second kappa shape index (κ2) is 11.0. The number of nitrogens with two attached hydrogens (primary N) is 1. The van der Waals surface area contributed by atoms with Crippen LogP contribution in [0.25, 0.3) is 0 Å². The summed E-state index contributed by atoms with van der Waals surface area (Å²) in [5.41, 5.74) is 9.80. The molecule has 0 radical (unpaired) electrons. The van der Waals surface area contributed by atoms with Gasteiger partial charge in [0, 0.05) is 17.0 Å². The molecule has 1 saturated carbocycles. The zero-order valence-electron chi connectivity index (χ0n) is 20.8. The van der Waals surface area contributed by atoms with E-state index in [1.807, 2.05) is 44.2 Å². The molecule has 0 aromatic heterocycles. The van der Waals surface area contributed by atoms with Crippen molar-refractivity contribution in [3.63, 3.8) is 0 Å². The van der Waals surface area contributed by atoms with Crippen LogP contribution in [0.3, 0.4) is 0 Å². The van der Waals surface area contributed by atoms with Gasteiger partial charge in [-0.25, -0.2) is 0 Å². The van der Waals surface area contributed by atoms with Gasteiger partial charge >= 0.3 is 0 Å². The normalized spacial score (nSPS) is 19.4. The van der Waals surface area contributed by atoms with E-state index in [1.165, 1.54) is 12.8 Å². The molecule has 7 nitrogen and oxygen atoms in total. The van der Waals surface area contributed by atoms with Gasteiger partial charge in [-0.2, -0.15) is 5.10 Å². The average Bonchev–Trinajstić information content (AvgIpc) is 3.40. The van der Waals surface area contributed by atoms with E-state index in [4.69, 9.17) is 20.3 Å². The van der Waals surface area contributed by atoms with Crippen LogP contribution in [0.1, 0.15) is 80.0 Å². The molecular formula is C28H35N3O4. The summed E-state index contributed by atoms with van der Waals surface area (Å²) >= 11 is 0. The van der Waals surface area contributed by atoms with Gasteiger partial charge < -0.3 is 20.0 Å². The van der Waals surface area contributed by atoms with Crippen molar-refractivity contribution in [1.29, 1.82) is 0 Å². The number of ether oxygens (including phenoxy) is 2. The van der Waals surface area contributed by atoms with E-state index in [1.54, 1.807) is 24.3 Å². The fourth-order valence-corrected chi connectivity index (χ4v) is 4.75. The molecule has 2 unspecified atom stereocenters. The lowest BCUT2D eigenvalue weighted by molar-refractivity contribution is -0.113. The van der Waals surface area contributed by atoms with Gasteiger partial charge in [0.25, 0.3) is 0 Å². The fourth-order valence-electron chi connectivity index (χ4n) is 4.75. The van der Waals surface area contributed by atoms with Crippen molar-refractivity contribution in [1.82, 2.24) is 5.01 Å². The van der Waals surface area contributed by atoms with E-state index in [9.17, 15) is 9.59 Å². The van der Waals surface area contributed by atoms with Crippen LogP contribution in [0.15, 0.2) is 47.6 Å². The third-order valence-electron chi connectivity index (χ3n) is 6.85. The maximum absolute atomic E-state index is 12.3. The minimum Gasteiger partial charge on any atom is -0.493 e. The molecule has 0 saturated heterocycles. The average molecular weight is 478 g/mol. The second-order valence-corrected chi connectivity index (χ2v) is 9.64. The Morgan fingerprint density at radius 3 is 2.43 bits per heavy atom. The van der Waals surface area contributed by atoms with Gasteiger partial charge in [-0.15, -0.1) is 0 Å². The molecule has 186 valence electrons. The number of hydrogen-bond acceptors (Lipinski definition) is 7. The summed E-state index contributed by atoms with van der Waals surface area (Å²) in [7, 11) is 1.64. The van der Waals surface area contributed by atoms with Crippen molar-refractivity contribution < 1.29 is 19.1 Å². The van der Waals surface area contributed by atoms with Gasteiger partial charge in [-0.3, -0.25) is 9.80 Å². The van der Waals surface area contributed by atoms with Crippen molar-refractivity contribution in [2.75, 3.05) is 7.11 Å². The van der Waals surface area contributed by atoms with E-state index in [-0.39, 0.29) is 17.8 Å². The molecule has 35 heavy (non-hydrogen) atoms. The van der Waals surface area contributed by atoms with Gasteiger partial charge in [0.15, 0.2) is 17.3 Å². The Labute approximate surface area is 207 Å². The van der Waals surface area contributed by atoms with Crippen molar-refractivity contribution in [2.45, 2.75) is 70.7 Å². The summed E-state index contributed by atoms with van der Waals surface area (Å²) < 4.78 is 11.8. The number of Topliss-reactive ketones (excluding diaryl/α,β-unsaturated/α-hetero) is 1. The summed E-state index contributed by atoms with van der Waals surface area (Å²) in [6, 6.07) is 12.7. The lowest BCUT2D eigenvalue weighted by Gasteiger charge is -2.35. The highest BCUT2D eigenvalue weighted by atomic mass is 16.5. The van der Waals surface area contributed by atoms with Gasteiger partial charge in [-0.1, -0.05) is 38.1 Å². The van der Waals surface area contributed by atoms with Gasteiger partial charge in [-0.05, 0) is 62.3 Å². The summed E-state index contributed by atoms with van der Waals surface area (Å²) in [5, 5.41) is 6.50. The number of ketones is 1. The topological polar surface area (TPSA) is 94.2 Å². The summed E-state index contributed by atoms with van der Waals surface area (Å²) in [5.74, 6) is 1.44. The number of carbonyl (C=O) groups is 2. The van der Waals surface area contributed by atoms with E-state index >= 15 is 0 Å². The Morgan fingerprint density at radius 2 is 1.80 bits per heavy atom. The predicted molar refractivity (Wildman–Crippen MR) is 136 cm³/mol. The molecule has 2 aliphatic rings. The van der Waals surface area contributed by atoms with Gasteiger partial charge in [0.05, 0.1) is 18.9 Å². The Bertz CT molecular complexity index is 1070. The van der Waals surface area contributed by atoms with Crippen molar-refractivity contribution in [2.24, 2.45) is 16.8 Å². The van der Waals surface area contributed by atoms with Crippen LogP contribution in [-0.2, 0) is 4.79 Å². The van der Waals surface area contributed by atoms with Crippen LogP contribution in [0.5, 0.6) is 11.5 Å². The van der Waals surface area contributed by atoms with Crippen molar-refractivity contribution >= 4 is 17.8 Å². The zero-order valence-corrected chi connectivity index (χ0v) is 20.8. The Balaban J connectivity index is 1.60. The number of carbonyl (C=O) groups excluding carboxylic acids is 2. The van der Waals surface area contributed by atoms with Crippen LogP contribution < -0.4 is 15.2 Å². The number of benzene rings is 2. The van der Waals surface area contributed by atoms with Crippen LogP contribution in [0.4, 0.5) is 0 Å². The molecule has 1 fully saturated rings. The van der Waals surface area contributed by atoms with Gasteiger partial charge in [0.2, 0.25) is 0 Å². The highest BCUT2D eigenvalue weighted by molar-refractivity contribution is 6.01. The smallest absolute Gasteiger partial charge is 0.165 e. The molecule has 2 atom stereocenters. The number of aldehydes is 1. The Kier molecular flexibility index (Phi) is 7.86. The van der Waals surface area contributed by atoms with E-state index in [0.717, 1.165) is 41.7 Å². The predicted octanol–water partition coefficient (Wildman–Crippen LogP) is 4.88. The standard InChI is InChI=1S/C28H35N3O4/c1-18(2)27(33)19-8-10-20(11-9-19)28(29)31-22(17-32)13-14-24(30-31)21-12-15-25(34-3)26(16-21)35-23-6-4-5-7-23/h8-12,15-18,22-23,28H,4-7,13-14,29H2,1-3H3. The SMILES string of the molecule is COc1ccc(C2=NN(C(N)c3ccc(C(=O)C(C)C)cc3)C(C=O)CC2)cc1OC1CCCC1. The van der Waals surface area contributed by atoms with Gasteiger partial charge in [0.1, 0.15) is 18.5 Å². The first-order valence-electron chi connectivity index (χ1n) is 12.5. The molecule has 1 heterocycles. The minimum absolute atomic E-state index is 0.0738. The molecule has 0 bridgehead atoms. The maximum atomic E-state index is 12.3. The first-order valence-corrected chi connectivity index (χ1v) is 12.5. The van der Waals surface area contributed by atoms with Crippen LogP contribution >= 0.6 is 0 Å². The minimum atomic E-state index is -0.615. The molecule has 4 rings (SSSR count). The third-order valence-corrected chi connectivity index (χ3v) is 6.85. The molecule has 2 N–H and O–H groups in total. The first-order chi connectivity index (χ1) is 16.9. The molecule has 2 aromatic carbocycles.